The monoisotopic (exact) mass is 375 g/mol. The van der Waals surface area contributed by atoms with Crippen LogP contribution in [0.25, 0.3) is 0 Å². The quantitative estimate of drug-likeness (QED) is 0.763. The zero-order valence-corrected chi connectivity index (χ0v) is 14.8. The normalized spacial score (nSPS) is 17.5. The first-order chi connectivity index (χ1) is 12.7. The van der Waals surface area contributed by atoms with Crippen LogP contribution in [0.1, 0.15) is 11.1 Å². The SMILES string of the molecule is Cc1cc(N(C)C[C@@H]2[CH]C(=O)N(c3ccccc3)C2=O)cc(C(F)(F)F)c1. The molecule has 1 atom stereocenters. The van der Waals surface area contributed by atoms with Crippen LogP contribution >= 0.6 is 0 Å². The van der Waals surface area contributed by atoms with Crippen LogP contribution in [0, 0.1) is 19.3 Å². The highest BCUT2D eigenvalue weighted by Gasteiger charge is 2.40. The molecule has 0 N–H and O–H groups in total. The summed E-state index contributed by atoms with van der Waals surface area (Å²) in [5.41, 5.74) is 0.543. The minimum Gasteiger partial charge on any atom is -0.374 e. The number of para-hydroxylation sites is 1. The second-order valence-corrected chi connectivity index (χ2v) is 6.56. The van der Waals surface area contributed by atoms with Crippen LogP contribution in [-0.4, -0.2) is 25.4 Å². The first-order valence-corrected chi connectivity index (χ1v) is 8.34. The molecule has 2 aromatic rings. The molecule has 0 bridgehead atoms. The van der Waals surface area contributed by atoms with Crippen LogP contribution < -0.4 is 9.80 Å². The summed E-state index contributed by atoms with van der Waals surface area (Å²) in [6.45, 7) is 1.69. The van der Waals surface area contributed by atoms with E-state index in [0.717, 1.165) is 17.0 Å². The molecular weight excluding hydrogens is 357 g/mol. The Morgan fingerprint density at radius 1 is 1.07 bits per heavy atom. The molecule has 1 radical (unpaired) electrons. The molecule has 0 aliphatic carbocycles. The Bertz CT molecular complexity index is 865. The lowest BCUT2D eigenvalue weighted by Crippen LogP contribution is -2.34. The van der Waals surface area contributed by atoms with Gasteiger partial charge in [-0.05, 0) is 42.8 Å². The molecule has 1 heterocycles. The highest BCUT2D eigenvalue weighted by Crippen LogP contribution is 2.33. The maximum absolute atomic E-state index is 13.0. The van der Waals surface area contributed by atoms with Gasteiger partial charge in [0.25, 0.3) is 0 Å². The molecule has 0 spiro atoms. The Morgan fingerprint density at radius 3 is 2.37 bits per heavy atom. The fourth-order valence-electron chi connectivity index (χ4n) is 3.10. The van der Waals surface area contributed by atoms with E-state index in [9.17, 15) is 22.8 Å². The summed E-state index contributed by atoms with van der Waals surface area (Å²) in [5.74, 6) is -1.54. The van der Waals surface area contributed by atoms with Crippen LogP contribution in [-0.2, 0) is 15.8 Å². The van der Waals surface area contributed by atoms with E-state index >= 15 is 0 Å². The van der Waals surface area contributed by atoms with Gasteiger partial charge in [0.15, 0.2) is 0 Å². The second kappa shape index (κ2) is 7.06. The van der Waals surface area contributed by atoms with Gasteiger partial charge in [-0.3, -0.25) is 9.59 Å². The summed E-state index contributed by atoms with van der Waals surface area (Å²) in [4.78, 5) is 27.5. The predicted octanol–water partition coefficient (Wildman–Crippen LogP) is 3.84. The van der Waals surface area contributed by atoms with Gasteiger partial charge < -0.3 is 4.90 Å². The van der Waals surface area contributed by atoms with Gasteiger partial charge in [0, 0.05) is 19.3 Å². The van der Waals surface area contributed by atoms with Gasteiger partial charge in [0.1, 0.15) is 0 Å². The number of aryl methyl sites for hydroxylation is 1. The molecule has 1 fully saturated rings. The van der Waals surface area contributed by atoms with E-state index in [1.165, 1.54) is 6.42 Å². The minimum atomic E-state index is -4.45. The number of anilines is 2. The fourth-order valence-corrected chi connectivity index (χ4v) is 3.10. The molecule has 2 aromatic carbocycles. The van der Waals surface area contributed by atoms with E-state index in [-0.39, 0.29) is 12.5 Å². The molecule has 3 rings (SSSR count). The average Bonchev–Trinajstić information content (AvgIpc) is 2.88. The highest BCUT2D eigenvalue weighted by molar-refractivity contribution is 6.25. The number of carbonyl (C=O) groups is 2. The van der Waals surface area contributed by atoms with Crippen molar-refractivity contribution >= 4 is 23.2 Å². The summed E-state index contributed by atoms with van der Waals surface area (Å²) < 4.78 is 39.1. The molecule has 141 valence electrons. The van der Waals surface area contributed by atoms with Gasteiger partial charge >= 0.3 is 6.18 Å². The smallest absolute Gasteiger partial charge is 0.374 e. The Labute approximate surface area is 155 Å². The third-order valence-corrected chi connectivity index (χ3v) is 4.42. The number of hydrogen-bond acceptors (Lipinski definition) is 3. The van der Waals surface area contributed by atoms with Gasteiger partial charge in [0.05, 0.1) is 23.6 Å². The summed E-state index contributed by atoms with van der Waals surface area (Å²) in [7, 11) is 1.60. The molecule has 27 heavy (non-hydrogen) atoms. The molecule has 7 heteroatoms. The summed E-state index contributed by atoms with van der Waals surface area (Å²) in [6, 6.07) is 12.3. The average molecular weight is 375 g/mol. The van der Waals surface area contributed by atoms with Crippen molar-refractivity contribution in [2.75, 3.05) is 23.4 Å². The largest absolute Gasteiger partial charge is 0.416 e. The fraction of sp³-hybridized carbons (Fsp3) is 0.250. The lowest BCUT2D eigenvalue weighted by Gasteiger charge is -2.24. The Balaban J connectivity index is 1.79. The number of rotatable bonds is 4. The van der Waals surface area contributed by atoms with Gasteiger partial charge in [-0.1, -0.05) is 18.2 Å². The van der Waals surface area contributed by atoms with Crippen molar-refractivity contribution in [3.05, 3.63) is 66.1 Å². The van der Waals surface area contributed by atoms with Crippen molar-refractivity contribution in [2.24, 2.45) is 5.92 Å². The molecule has 1 aliphatic rings. The summed E-state index contributed by atoms with van der Waals surface area (Å²) in [5, 5.41) is 0. The Kier molecular flexibility index (Phi) is 4.95. The van der Waals surface area contributed by atoms with Crippen molar-refractivity contribution in [2.45, 2.75) is 13.1 Å². The van der Waals surface area contributed by atoms with E-state index in [2.05, 4.69) is 0 Å². The van der Waals surface area contributed by atoms with E-state index in [1.807, 2.05) is 0 Å². The number of amides is 2. The molecule has 2 amide bonds. The van der Waals surface area contributed by atoms with Crippen molar-refractivity contribution < 1.29 is 22.8 Å². The van der Waals surface area contributed by atoms with E-state index < -0.39 is 23.6 Å². The minimum absolute atomic E-state index is 0.106. The number of halogens is 3. The van der Waals surface area contributed by atoms with Crippen molar-refractivity contribution in [3.8, 4) is 0 Å². The van der Waals surface area contributed by atoms with E-state index in [0.29, 0.717) is 16.9 Å². The molecule has 0 saturated carbocycles. The van der Waals surface area contributed by atoms with Gasteiger partial charge in [-0.15, -0.1) is 0 Å². The zero-order chi connectivity index (χ0) is 19.8. The van der Waals surface area contributed by atoms with Crippen LogP contribution in [0.2, 0.25) is 0 Å². The predicted molar refractivity (Wildman–Crippen MR) is 96.2 cm³/mol. The summed E-state index contributed by atoms with van der Waals surface area (Å²) >= 11 is 0. The first-order valence-electron chi connectivity index (χ1n) is 8.34. The maximum Gasteiger partial charge on any atom is 0.416 e. The number of imide groups is 1. The van der Waals surface area contributed by atoms with E-state index in [4.69, 9.17) is 0 Å². The molecule has 1 aliphatic heterocycles. The highest BCUT2D eigenvalue weighted by atomic mass is 19.4. The number of alkyl halides is 3. The molecule has 4 nitrogen and oxygen atoms in total. The van der Waals surface area contributed by atoms with Gasteiger partial charge in [0.2, 0.25) is 11.8 Å². The Hall–Kier alpha value is -2.83. The number of carbonyl (C=O) groups excluding carboxylic acids is 2. The lowest BCUT2D eigenvalue weighted by atomic mass is 10.1. The van der Waals surface area contributed by atoms with Crippen LogP contribution in [0.15, 0.2) is 48.5 Å². The van der Waals surface area contributed by atoms with Crippen LogP contribution in [0.4, 0.5) is 24.5 Å². The second-order valence-electron chi connectivity index (χ2n) is 6.56. The number of hydrogen-bond donors (Lipinski definition) is 0. The van der Waals surface area contributed by atoms with Crippen molar-refractivity contribution in [1.29, 1.82) is 0 Å². The number of nitrogens with zero attached hydrogens (tertiary/aromatic N) is 2. The van der Waals surface area contributed by atoms with E-state index in [1.54, 1.807) is 55.3 Å². The van der Waals surface area contributed by atoms with Crippen molar-refractivity contribution in [3.63, 3.8) is 0 Å². The molecule has 1 saturated heterocycles. The van der Waals surface area contributed by atoms with Gasteiger partial charge in [-0.25, -0.2) is 4.90 Å². The Morgan fingerprint density at radius 2 is 1.74 bits per heavy atom. The standard InChI is InChI=1S/C20H18F3N2O2/c1-13-8-15(20(21,22)23)11-17(9-13)24(2)12-14-10-18(26)25(19(14)27)16-6-4-3-5-7-16/h3-11,14H,12H2,1-2H3/t14-/m0/s1. The topological polar surface area (TPSA) is 40.6 Å². The first kappa shape index (κ1) is 18.9. The molecule has 0 aromatic heterocycles. The third-order valence-electron chi connectivity index (χ3n) is 4.42. The van der Waals surface area contributed by atoms with Crippen LogP contribution in [0.5, 0.6) is 0 Å². The third kappa shape index (κ3) is 3.97. The van der Waals surface area contributed by atoms with Gasteiger partial charge in [-0.2, -0.15) is 13.2 Å². The van der Waals surface area contributed by atoms with Crippen LogP contribution in [0.3, 0.4) is 0 Å². The number of benzene rings is 2. The van der Waals surface area contributed by atoms with Crippen molar-refractivity contribution in [1.82, 2.24) is 0 Å². The maximum atomic E-state index is 13.0. The lowest BCUT2D eigenvalue weighted by molar-refractivity contribution is -0.137. The summed E-state index contributed by atoms with van der Waals surface area (Å²) in [6.07, 6.45) is -3.14. The zero-order valence-electron chi connectivity index (χ0n) is 14.8. The molecule has 0 unspecified atom stereocenters. The molecular formula is C20H18F3N2O2.